The van der Waals surface area contributed by atoms with Crippen LogP contribution in [0.15, 0.2) is 59.6 Å². The minimum Gasteiger partial charge on any atom is -0.386 e. The van der Waals surface area contributed by atoms with Crippen molar-refractivity contribution in [3.05, 3.63) is 71.3 Å². The molecule has 2 aromatic carbocycles. The molecule has 0 aliphatic heterocycles. The number of nitrogens with one attached hydrogen (secondary N) is 2. The van der Waals surface area contributed by atoms with E-state index in [9.17, 15) is 5.11 Å². The molecule has 0 bridgehead atoms. The largest absolute Gasteiger partial charge is 0.386 e. The van der Waals surface area contributed by atoms with Gasteiger partial charge in [-0.2, -0.15) is 0 Å². The molecule has 0 heterocycles. The van der Waals surface area contributed by atoms with E-state index in [0.29, 0.717) is 6.54 Å². The van der Waals surface area contributed by atoms with E-state index < -0.39 is 6.10 Å². The molecule has 0 saturated carbocycles. The van der Waals surface area contributed by atoms with E-state index in [2.05, 4.69) is 39.9 Å². The van der Waals surface area contributed by atoms with Gasteiger partial charge in [0.15, 0.2) is 5.96 Å². The van der Waals surface area contributed by atoms with E-state index >= 15 is 0 Å². The maximum Gasteiger partial charge on any atom is 0.191 e. The maximum absolute atomic E-state index is 10.3. The Hall–Kier alpha value is -1.60. The van der Waals surface area contributed by atoms with Crippen molar-refractivity contribution in [3.63, 3.8) is 0 Å². The molecule has 1 atom stereocenters. The Labute approximate surface area is 174 Å². The van der Waals surface area contributed by atoms with Crippen molar-refractivity contribution in [2.75, 3.05) is 19.6 Å². The number of aliphatic hydroxyl groups is 1. The summed E-state index contributed by atoms with van der Waals surface area (Å²) < 4.78 is 0. The molecule has 0 aliphatic carbocycles. The molecule has 0 amide bonds. The van der Waals surface area contributed by atoms with Crippen molar-refractivity contribution >= 4 is 29.9 Å². The van der Waals surface area contributed by atoms with Crippen LogP contribution in [0.1, 0.15) is 36.1 Å². The number of rotatable bonds is 8. The van der Waals surface area contributed by atoms with Gasteiger partial charge < -0.3 is 15.7 Å². The molecule has 5 heteroatoms. The third-order valence-corrected chi connectivity index (χ3v) is 4.01. The van der Waals surface area contributed by atoms with Gasteiger partial charge in [-0.25, -0.2) is 0 Å². The lowest BCUT2D eigenvalue weighted by atomic mass is 10.1. The number of hydrogen-bond donors (Lipinski definition) is 3. The fourth-order valence-corrected chi connectivity index (χ4v) is 2.56. The molecule has 142 valence electrons. The summed E-state index contributed by atoms with van der Waals surface area (Å²) in [7, 11) is 0. The molecule has 0 aromatic heterocycles. The lowest BCUT2D eigenvalue weighted by molar-refractivity contribution is 0.187. The first-order chi connectivity index (χ1) is 12.2. The van der Waals surface area contributed by atoms with Crippen LogP contribution in [0.4, 0.5) is 0 Å². The predicted octanol–water partition coefficient (Wildman–Crippen LogP) is 3.83. The van der Waals surface area contributed by atoms with Crippen LogP contribution in [-0.4, -0.2) is 30.7 Å². The summed E-state index contributed by atoms with van der Waals surface area (Å²) in [4.78, 5) is 4.50. The van der Waals surface area contributed by atoms with E-state index in [1.165, 1.54) is 11.1 Å². The molecule has 4 nitrogen and oxygen atoms in total. The third kappa shape index (κ3) is 8.19. The minimum absolute atomic E-state index is 0. The Balaban J connectivity index is 0.00000338. The van der Waals surface area contributed by atoms with Gasteiger partial charge in [0.2, 0.25) is 0 Å². The minimum atomic E-state index is -0.583. The number of aliphatic imine (C=N–C) groups is 1. The zero-order valence-electron chi connectivity index (χ0n) is 15.6. The number of halogens is 1. The molecule has 1 unspecified atom stereocenters. The number of aryl methyl sites for hydroxylation is 2. The normalized spacial score (nSPS) is 12.2. The van der Waals surface area contributed by atoms with Gasteiger partial charge in [-0.3, -0.25) is 4.99 Å². The molecular formula is C21H30IN3O. The Morgan fingerprint density at radius 1 is 1.04 bits per heavy atom. The van der Waals surface area contributed by atoms with Gasteiger partial charge in [-0.05, 0) is 37.8 Å². The van der Waals surface area contributed by atoms with Crippen molar-refractivity contribution in [1.82, 2.24) is 10.6 Å². The van der Waals surface area contributed by atoms with Gasteiger partial charge in [0.25, 0.3) is 0 Å². The SMILES string of the molecule is CCNC(=NCC(O)c1ccc(C)cc1)NCCCc1ccccc1.I. The van der Waals surface area contributed by atoms with E-state index in [1.807, 2.05) is 44.2 Å². The Morgan fingerprint density at radius 2 is 1.73 bits per heavy atom. The van der Waals surface area contributed by atoms with Gasteiger partial charge in [-0.1, -0.05) is 60.2 Å². The number of guanidine groups is 1. The summed E-state index contributed by atoms with van der Waals surface area (Å²) in [5.74, 6) is 0.752. The Bertz CT molecular complexity index is 644. The standard InChI is InChI=1S/C21H29N3O.HI/c1-3-22-21(23-15-7-10-18-8-5-4-6-9-18)24-16-20(25)19-13-11-17(2)12-14-19;/h4-6,8-9,11-14,20,25H,3,7,10,15-16H2,1-2H3,(H2,22,23,24);1H. The van der Waals surface area contributed by atoms with Gasteiger partial charge in [0.1, 0.15) is 0 Å². The average Bonchev–Trinajstić information content (AvgIpc) is 2.64. The smallest absolute Gasteiger partial charge is 0.191 e. The van der Waals surface area contributed by atoms with Crippen molar-refractivity contribution in [1.29, 1.82) is 0 Å². The fourth-order valence-electron chi connectivity index (χ4n) is 2.56. The second-order valence-electron chi connectivity index (χ2n) is 6.16. The first-order valence-corrected chi connectivity index (χ1v) is 8.99. The van der Waals surface area contributed by atoms with E-state index in [0.717, 1.165) is 37.5 Å². The molecule has 0 fully saturated rings. The molecule has 2 rings (SSSR count). The summed E-state index contributed by atoms with van der Waals surface area (Å²) in [5.41, 5.74) is 3.43. The molecular weight excluding hydrogens is 437 g/mol. The summed E-state index contributed by atoms with van der Waals surface area (Å²) in [6.45, 7) is 6.07. The van der Waals surface area contributed by atoms with Crippen LogP contribution in [0.2, 0.25) is 0 Å². The van der Waals surface area contributed by atoms with E-state index in [-0.39, 0.29) is 24.0 Å². The average molecular weight is 467 g/mol. The highest BCUT2D eigenvalue weighted by Crippen LogP contribution is 2.13. The highest BCUT2D eigenvalue weighted by Gasteiger charge is 2.07. The Kier molecular flexibility index (Phi) is 11.0. The van der Waals surface area contributed by atoms with Crippen molar-refractivity contribution < 1.29 is 5.11 Å². The molecule has 26 heavy (non-hydrogen) atoms. The van der Waals surface area contributed by atoms with Crippen LogP contribution >= 0.6 is 24.0 Å². The van der Waals surface area contributed by atoms with Gasteiger partial charge in [0, 0.05) is 13.1 Å². The highest BCUT2D eigenvalue weighted by atomic mass is 127. The maximum atomic E-state index is 10.3. The number of benzene rings is 2. The molecule has 0 spiro atoms. The first-order valence-electron chi connectivity index (χ1n) is 8.99. The topological polar surface area (TPSA) is 56.7 Å². The highest BCUT2D eigenvalue weighted by molar-refractivity contribution is 14.0. The predicted molar refractivity (Wildman–Crippen MR) is 120 cm³/mol. The molecule has 0 radical (unpaired) electrons. The summed E-state index contributed by atoms with van der Waals surface area (Å²) in [6.07, 6.45) is 1.49. The van der Waals surface area contributed by atoms with Crippen LogP contribution in [-0.2, 0) is 6.42 Å². The van der Waals surface area contributed by atoms with Gasteiger partial charge >= 0.3 is 0 Å². The molecule has 0 saturated heterocycles. The fraction of sp³-hybridized carbons (Fsp3) is 0.381. The molecule has 2 aromatic rings. The van der Waals surface area contributed by atoms with Crippen LogP contribution in [0.3, 0.4) is 0 Å². The summed E-state index contributed by atoms with van der Waals surface area (Å²) in [5, 5.41) is 16.8. The zero-order valence-corrected chi connectivity index (χ0v) is 17.9. The lowest BCUT2D eigenvalue weighted by Crippen LogP contribution is -2.38. The van der Waals surface area contributed by atoms with Crippen LogP contribution < -0.4 is 10.6 Å². The first kappa shape index (κ1) is 22.4. The monoisotopic (exact) mass is 467 g/mol. The molecule has 3 N–H and O–H groups in total. The quantitative estimate of drug-likeness (QED) is 0.239. The third-order valence-electron chi connectivity index (χ3n) is 4.01. The second kappa shape index (κ2) is 12.7. The number of nitrogens with zero attached hydrogens (tertiary/aromatic N) is 1. The van der Waals surface area contributed by atoms with Crippen LogP contribution in [0.5, 0.6) is 0 Å². The van der Waals surface area contributed by atoms with Crippen LogP contribution in [0, 0.1) is 6.92 Å². The van der Waals surface area contributed by atoms with Gasteiger partial charge in [0.05, 0.1) is 12.6 Å². The van der Waals surface area contributed by atoms with Crippen molar-refractivity contribution in [3.8, 4) is 0 Å². The van der Waals surface area contributed by atoms with E-state index in [4.69, 9.17) is 0 Å². The van der Waals surface area contributed by atoms with Crippen molar-refractivity contribution in [2.24, 2.45) is 4.99 Å². The number of aliphatic hydroxyl groups excluding tert-OH is 1. The van der Waals surface area contributed by atoms with Gasteiger partial charge in [-0.15, -0.1) is 24.0 Å². The number of hydrogen-bond acceptors (Lipinski definition) is 2. The molecule has 0 aliphatic rings. The van der Waals surface area contributed by atoms with E-state index in [1.54, 1.807) is 0 Å². The lowest BCUT2D eigenvalue weighted by Gasteiger charge is -2.13. The van der Waals surface area contributed by atoms with Crippen molar-refractivity contribution in [2.45, 2.75) is 32.8 Å². The van der Waals surface area contributed by atoms with Crippen LogP contribution in [0.25, 0.3) is 0 Å². The second-order valence-corrected chi connectivity index (χ2v) is 6.16. The summed E-state index contributed by atoms with van der Waals surface area (Å²) in [6, 6.07) is 18.4. The summed E-state index contributed by atoms with van der Waals surface area (Å²) >= 11 is 0. The zero-order chi connectivity index (χ0) is 17.9. The Morgan fingerprint density at radius 3 is 2.38 bits per heavy atom.